The number of carbonyl (C=O) groups is 1. The van der Waals surface area contributed by atoms with Crippen LogP contribution < -0.4 is 30.1 Å². The Morgan fingerprint density at radius 3 is 2.65 bits per heavy atom. The highest BCUT2D eigenvalue weighted by atomic mass is 19.1. The Bertz CT molecular complexity index is 1760. The maximum Gasteiger partial charge on any atom is 0.247 e. The second-order valence-electron chi connectivity index (χ2n) is 11.5. The van der Waals surface area contributed by atoms with E-state index in [1.165, 1.54) is 36.7 Å². The number of likely N-dealkylation sites (N-methyl/N-ethyl adjacent to an activating group) is 2. The quantitative estimate of drug-likeness (QED) is 0.155. The Morgan fingerprint density at radius 2 is 1.90 bits per heavy atom. The van der Waals surface area contributed by atoms with Gasteiger partial charge in [-0.1, -0.05) is 18.7 Å². The van der Waals surface area contributed by atoms with Gasteiger partial charge < -0.3 is 29.9 Å². The van der Waals surface area contributed by atoms with E-state index in [1.54, 1.807) is 42.5 Å². The summed E-state index contributed by atoms with van der Waals surface area (Å²) in [6.45, 7) is 5.56. The predicted octanol–water partition coefficient (Wildman–Crippen LogP) is 6.09. The molecule has 4 aromatic rings. The van der Waals surface area contributed by atoms with E-state index in [0.29, 0.717) is 65.2 Å². The Kier molecular flexibility index (Phi) is 11.0. The summed E-state index contributed by atoms with van der Waals surface area (Å²) in [7, 11) is 7.49. The first-order valence-corrected chi connectivity index (χ1v) is 15.3. The number of nitrogens with zero attached hydrogens (tertiary/aromatic N) is 5. The predicted molar refractivity (Wildman–Crippen MR) is 182 cm³/mol. The zero-order valence-corrected chi connectivity index (χ0v) is 27.4. The summed E-state index contributed by atoms with van der Waals surface area (Å²) < 4.78 is 39.9. The summed E-state index contributed by atoms with van der Waals surface area (Å²) in [6.07, 6.45) is 3.18. The van der Waals surface area contributed by atoms with Gasteiger partial charge in [-0.05, 0) is 61.6 Å². The van der Waals surface area contributed by atoms with Crippen LogP contribution >= 0.6 is 0 Å². The van der Waals surface area contributed by atoms with Crippen molar-refractivity contribution in [3.05, 3.63) is 102 Å². The number of hydrogen-bond acceptors (Lipinski definition) is 10. The summed E-state index contributed by atoms with van der Waals surface area (Å²) >= 11 is 0. The van der Waals surface area contributed by atoms with Gasteiger partial charge in [-0.15, -0.1) is 0 Å². The number of benzene rings is 3. The molecule has 0 saturated carbocycles. The fourth-order valence-corrected chi connectivity index (χ4v) is 5.23. The topological polar surface area (TPSA) is 104 Å². The molecule has 1 saturated heterocycles. The number of aromatic nitrogens is 2. The molecule has 11 nitrogen and oxygen atoms in total. The van der Waals surface area contributed by atoms with Crippen LogP contribution in [0.25, 0.3) is 0 Å². The number of carbonyl (C=O) groups excluding carboxylic acids is 1. The summed E-state index contributed by atoms with van der Waals surface area (Å²) in [5.74, 6) is 0.525. The van der Waals surface area contributed by atoms with E-state index in [1.807, 2.05) is 32.1 Å². The van der Waals surface area contributed by atoms with Crippen molar-refractivity contribution in [2.24, 2.45) is 0 Å². The average molecular weight is 660 g/mol. The Hall–Kier alpha value is -5.27. The van der Waals surface area contributed by atoms with Gasteiger partial charge in [0.1, 0.15) is 41.9 Å². The molecule has 0 aliphatic carbocycles. The fourth-order valence-electron chi connectivity index (χ4n) is 5.23. The number of methoxy groups -OCH3 is 1. The van der Waals surface area contributed by atoms with Crippen molar-refractivity contribution in [2.75, 3.05) is 68.5 Å². The van der Waals surface area contributed by atoms with Crippen LogP contribution in [0.5, 0.6) is 11.5 Å². The number of hydrogen-bond donors (Lipinski definition) is 2. The molecule has 1 fully saturated rings. The lowest BCUT2D eigenvalue weighted by Gasteiger charge is -2.26. The lowest BCUT2D eigenvalue weighted by Crippen LogP contribution is -2.29. The van der Waals surface area contributed by atoms with Crippen molar-refractivity contribution < 1.29 is 27.9 Å². The largest absolute Gasteiger partial charge is 0.494 e. The summed E-state index contributed by atoms with van der Waals surface area (Å²) in [5, 5.41) is 7.78. The third-order valence-electron chi connectivity index (χ3n) is 7.67. The monoisotopic (exact) mass is 659 g/mol. The molecule has 0 spiro atoms. The molecule has 1 unspecified atom stereocenters. The Balaban J connectivity index is 1.38. The number of nitrogens with one attached hydrogen (secondary N) is 2. The Labute approximate surface area is 278 Å². The van der Waals surface area contributed by atoms with Gasteiger partial charge in [0.15, 0.2) is 5.82 Å². The van der Waals surface area contributed by atoms with E-state index in [-0.39, 0.29) is 24.4 Å². The van der Waals surface area contributed by atoms with Crippen LogP contribution in [0.15, 0.2) is 79.6 Å². The van der Waals surface area contributed by atoms with Crippen molar-refractivity contribution in [3.8, 4) is 11.5 Å². The summed E-state index contributed by atoms with van der Waals surface area (Å²) in [6, 6.07) is 15.5. The van der Waals surface area contributed by atoms with Gasteiger partial charge in [0.2, 0.25) is 5.91 Å². The molecule has 0 bridgehead atoms. The van der Waals surface area contributed by atoms with Crippen molar-refractivity contribution in [1.29, 1.82) is 0 Å². The molecule has 13 heteroatoms. The number of halogens is 2. The molecule has 48 heavy (non-hydrogen) atoms. The highest BCUT2D eigenvalue weighted by Crippen LogP contribution is 2.40. The molecular weight excluding hydrogens is 620 g/mol. The zero-order chi connectivity index (χ0) is 34.2. The van der Waals surface area contributed by atoms with Crippen LogP contribution in [0.2, 0.25) is 0 Å². The van der Waals surface area contributed by atoms with Crippen LogP contribution in [-0.2, 0) is 16.2 Å². The van der Waals surface area contributed by atoms with Crippen molar-refractivity contribution >= 4 is 34.6 Å². The average Bonchev–Trinajstić information content (AvgIpc) is 3.57. The van der Waals surface area contributed by atoms with E-state index < -0.39 is 5.82 Å². The van der Waals surface area contributed by atoms with Crippen LogP contribution in [0, 0.1) is 11.6 Å². The van der Waals surface area contributed by atoms with Crippen LogP contribution in [0.1, 0.15) is 23.6 Å². The summed E-state index contributed by atoms with van der Waals surface area (Å²) in [4.78, 5) is 31.2. The molecule has 2 N–H and O–H groups in total. The molecule has 252 valence electrons. The molecule has 1 aliphatic heterocycles. The molecular formula is C35H39F2N7O4. The summed E-state index contributed by atoms with van der Waals surface area (Å²) in [5.41, 5.74) is 3.14. The first kappa shape index (κ1) is 34.1. The highest BCUT2D eigenvalue weighted by molar-refractivity contribution is 6.02. The van der Waals surface area contributed by atoms with Gasteiger partial charge in [0.25, 0.3) is 0 Å². The van der Waals surface area contributed by atoms with Crippen LogP contribution in [0.4, 0.5) is 37.5 Å². The standard InChI is InChI=1S/C35H39F2N7O4/c1-6-35(45)41-28-18-29(32(46-5)19-31(28)43(4)12-11-42(2)3)40-33-20-34(39-22-38-33)44-30(10-13-48-44)24-15-26(37)17-27(16-24)47-21-23-8-7-9-25(36)14-23/h6-9,14-20,22,30H,1,10-13,21H2,2-5H3,(H,41,45)(H,38,39,40). The first-order valence-electron chi connectivity index (χ1n) is 15.3. The second kappa shape index (κ2) is 15.5. The van der Waals surface area contributed by atoms with Gasteiger partial charge in [0.05, 0.1) is 36.8 Å². The zero-order valence-electron chi connectivity index (χ0n) is 27.4. The van der Waals surface area contributed by atoms with Crippen molar-refractivity contribution in [2.45, 2.75) is 19.1 Å². The van der Waals surface area contributed by atoms with Crippen molar-refractivity contribution in [3.63, 3.8) is 0 Å². The fraction of sp³-hybridized carbons (Fsp3) is 0.286. The normalized spacial score (nSPS) is 14.1. The van der Waals surface area contributed by atoms with E-state index in [9.17, 15) is 13.6 Å². The minimum absolute atomic E-state index is 0.0856. The number of amides is 1. The maximum absolute atomic E-state index is 14.8. The van der Waals surface area contributed by atoms with Gasteiger partial charge in [-0.25, -0.2) is 23.8 Å². The maximum atomic E-state index is 14.8. The van der Waals surface area contributed by atoms with E-state index in [4.69, 9.17) is 14.3 Å². The van der Waals surface area contributed by atoms with E-state index >= 15 is 0 Å². The van der Waals surface area contributed by atoms with Crippen molar-refractivity contribution in [1.82, 2.24) is 14.9 Å². The van der Waals surface area contributed by atoms with Gasteiger partial charge in [0, 0.05) is 44.8 Å². The number of ether oxygens (including phenoxy) is 2. The first-order chi connectivity index (χ1) is 23.1. The van der Waals surface area contributed by atoms with Gasteiger partial charge in [-0.2, -0.15) is 0 Å². The lowest BCUT2D eigenvalue weighted by molar-refractivity contribution is -0.111. The minimum atomic E-state index is -0.471. The SMILES string of the molecule is C=CC(=O)Nc1cc(Nc2cc(N3OCCC3c3cc(F)cc(OCc4cccc(F)c4)c3)ncn2)c(OC)cc1N(C)CCN(C)C. The molecule has 1 atom stereocenters. The molecule has 1 aromatic heterocycles. The second-order valence-corrected chi connectivity index (χ2v) is 11.5. The number of hydroxylamine groups is 1. The van der Waals surface area contributed by atoms with Gasteiger partial charge in [-0.3, -0.25) is 9.63 Å². The molecule has 0 radical (unpaired) electrons. The third kappa shape index (κ3) is 8.55. The number of rotatable bonds is 14. The molecule has 2 heterocycles. The Morgan fingerprint density at radius 1 is 1.06 bits per heavy atom. The van der Waals surface area contributed by atoms with Gasteiger partial charge >= 0.3 is 0 Å². The molecule has 3 aromatic carbocycles. The highest BCUT2D eigenvalue weighted by Gasteiger charge is 2.30. The third-order valence-corrected chi connectivity index (χ3v) is 7.67. The van der Waals surface area contributed by atoms with E-state index in [2.05, 4.69) is 32.1 Å². The van der Waals surface area contributed by atoms with E-state index in [0.717, 1.165) is 12.2 Å². The minimum Gasteiger partial charge on any atom is -0.494 e. The number of anilines is 5. The van der Waals surface area contributed by atoms with Crippen LogP contribution in [0.3, 0.4) is 0 Å². The smallest absolute Gasteiger partial charge is 0.247 e. The van der Waals surface area contributed by atoms with Crippen LogP contribution in [-0.4, -0.2) is 68.7 Å². The molecule has 5 rings (SSSR count). The lowest BCUT2D eigenvalue weighted by atomic mass is 10.0. The molecule has 1 aliphatic rings. The molecule has 1 amide bonds.